The molecule has 0 saturated heterocycles. The Labute approximate surface area is 326 Å². The summed E-state index contributed by atoms with van der Waals surface area (Å²) in [6.45, 7) is 0. The molecule has 0 fully saturated rings. The van der Waals surface area contributed by atoms with Gasteiger partial charge in [-0.2, -0.15) is 0 Å². The lowest BCUT2D eigenvalue weighted by Crippen LogP contribution is -2.31. The van der Waals surface area contributed by atoms with Crippen LogP contribution in [-0.2, 0) is 5.41 Å². The van der Waals surface area contributed by atoms with Crippen LogP contribution in [0.5, 0.6) is 11.5 Å². The highest BCUT2D eigenvalue weighted by Gasteiger charge is 2.59. The summed E-state index contributed by atoms with van der Waals surface area (Å²) in [5, 5.41) is 1.18. The minimum absolute atomic E-state index is 0.623. The fraction of sp³-hybridized carbons (Fsp3) is 0.0200. The van der Waals surface area contributed by atoms with Gasteiger partial charge in [0.25, 0.3) is 0 Å². The Balaban J connectivity index is 1.06. The minimum Gasteiger partial charge on any atom is -0.452 e. The third-order valence-electron chi connectivity index (χ3n) is 11.2. The summed E-state index contributed by atoms with van der Waals surface area (Å²) in [5.74, 6) is 4.97. The lowest BCUT2D eigenvalue weighted by molar-refractivity contribution is 0.317. The maximum Gasteiger partial charge on any atom is 0.176 e. The molecule has 0 amide bonds. The molecule has 1 atom stereocenters. The van der Waals surface area contributed by atoms with Crippen molar-refractivity contribution in [2.45, 2.75) is 5.41 Å². The predicted octanol–water partition coefficient (Wildman–Crippen LogP) is 12.2. The Morgan fingerprint density at radius 2 is 0.964 bits per heavy atom. The molecule has 0 N–H and O–H groups in total. The molecule has 0 radical (unpaired) electrons. The van der Waals surface area contributed by atoms with E-state index >= 15 is 0 Å². The molecule has 1 aliphatic heterocycles. The number of thiophene rings is 1. The molecule has 3 aliphatic rings. The summed E-state index contributed by atoms with van der Waals surface area (Å²) in [6, 6.07) is 60.9. The molecule has 0 saturated carbocycles. The van der Waals surface area contributed by atoms with Crippen LogP contribution >= 0.6 is 11.3 Å². The first-order valence-electron chi connectivity index (χ1n) is 18.7. The van der Waals surface area contributed by atoms with Gasteiger partial charge in [-0.25, -0.2) is 15.0 Å². The SMILES string of the molecule is c1ccc(-c2nc(-c3ccccc3)nc(-c3ccc(-c4cccc5c4C4(C6=C(Oc7ccccc7O6)c6c4sc4ccccc64)c4ccccc4-5)cc3)n2)cc1. The topological polar surface area (TPSA) is 57.1 Å². The average molecular weight is 736 g/mol. The van der Waals surface area contributed by atoms with Crippen molar-refractivity contribution in [3.8, 4) is 67.9 Å². The van der Waals surface area contributed by atoms with Crippen LogP contribution in [0.15, 0.2) is 182 Å². The summed E-state index contributed by atoms with van der Waals surface area (Å²) in [6.07, 6.45) is 0. The van der Waals surface area contributed by atoms with Gasteiger partial charge >= 0.3 is 0 Å². The van der Waals surface area contributed by atoms with E-state index in [4.69, 9.17) is 24.4 Å². The molecule has 5 nitrogen and oxygen atoms in total. The van der Waals surface area contributed by atoms with Crippen LogP contribution in [0.4, 0.5) is 0 Å². The molecule has 9 aromatic rings. The summed E-state index contributed by atoms with van der Waals surface area (Å²) in [5.41, 5.74) is 10.2. The third kappa shape index (κ3) is 4.39. The van der Waals surface area contributed by atoms with E-state index in [1.165, 1.54) is 37.2 Å². The van der Waals surface area contributed by atoms with E-state index in [-0.39, 0.29) is 0 Å². The van der Waals surface area contributed by atoms with Crippen molar-refractivity contribution in [2.24, 2.45) is 0 Å². The van der Waals surface area contributed by atoms with E-state index in [0.29, 0.717) is 17.5 Å². The number of para-hydroxylation sites is 2. The number of aromatic nitrogens is 3. The first kappa shape index (κ1) is 31.2. The molecule has 3 heterocycles. The zero-order valence-electron chi connectivity index (χ0n) is 29.8. The van der Waals surface area contributed by atoms with Crippen LogP contribution in [0, 0.1) is 0 Å². The number of hydrogen-bond acceptors (Lipinski definition) is 6. The van der Waals surface area contributed by atoms with Gasteiger partial charge in [0.2, 0.25) is 0 Å². The molecule has 7 aromatic carbocycles. The molecule has 56 heavy (non-hydrogen) atoms. The van der Waals surface area contributed by atoms with E-state index in [0.717, 1.165) is 56.4 Å². The largest absolute Gasteiger partial charge is 0.452 e. The molecule has 12 rings (SSSR count). The number of ether oxygens (including phenoxy) is 2. The fourth-order valence-electron chi connectivity index (χ4n) is 8.79. The normalized spacial score (nSPS) is 15.8. The highest BCUT2D eigenvalue weighted by Crippen LogP contribution is 2.67. The lowest BCUT2D eigenvalue weighted by Gasteiger charge is -2.33. The van der Waals surface area contributed by atoms with Gasteiger partial charge in [-0.3, -0.25) is 0 Å². The van der Waals surface area contributed by atoms with Crippen LogP contribution in [0.25, 0.3) is 72.3 Å². The third-order valence-corrected chi connectivity index (χ3v) is 12.5. The van der Waals surface area contributed by atoms with Crippen LogP contribution in [0.1, 0.15) is 21.6 Å². The molecule has 0 bridgehead atoms. The van der Waals surface area contributed by atoms with E-state index in [1.807, 2.05) is 96.3 Å². The Morgan fingerprint density at radius 1 is 0.429 bits per heavy atom. The van der Waals surface area contributed by atoms with Gasteiger partial charge in [0.15, 0.2) is 40.5 Å². The Bertz CT molecular complexity index is 3020. The van der Waals surface area contributed by atoms with Gasteiger partial charge in [0.05, 0.1) is 0 Å². The lowest BCUT2D eigenvalue weighted by atomic mass is 9.74. The zero-order chi connectivity index (χ0) is 36.8. The predicted molar refractivity (Wildman–Crippen MR) is 223 cm³/mol. The summed E-state index contributed by atoms with van der Waals surface area (Å²) in [4.78, 5) is 16.1. The zero-order valence-corrected chi connectivity index (χ0v) is 30.6. The molecule has 1 unspecified atom stereocenters. The monoisotopic (exact) mass is 735 g/mol. The van der Waals surface area contributed by atoms with Crippen molar-refractivity contribution in [1.82, 2.24) is 15.0 Å². The van der Waals surface area contributed by atoms with E-state index in [1.54, 1.807) is 0 Å². The number of allylic oxidation sites excluding steroid dienone is 1. The maximum absolute atomic E-state index is 7.10. The van der Waals surface area contributed by atoms with Gasteiger partial charge in [-0.1, -0.05) is 158 Å². The molecule has 2 aromatic heterocycles. The summed E-state index contributed by atoms with van der Waals surface area (Å²) >= 11 is 1.83. The Hall–Kier alpha value is -7.15. The van der Waals surface area contributed by atoms with Crippen molar-refractivity contribution in [3.63, 3.8) is 0 Å². The Kier molecular flexibility index (Phi) is 6.65. The number of fused-ring (bicyclic) bond motifs is 12. The fourth-order valence-corrected chi connectivity index (χ4v) is 10.2. The number of nitrogens with zero attached hydrogens (tertiary/aromatic N) is 3. The van der Waals surface area contributed by atoms with Crippen LogP contribution in [-0.4, -0.2) is 15.0 Å². The second-order valence-electron chi connectivity index (χ2n) is 14.3. The van der Waals surface area contributed by atoms with Gasteiger partial charge in [-0.05, 0) is 51.6 Å². The summed E-state index contributed by atoms with van der Waals surface area (Å²) < 4.78 is 15.2. The van der Waals surface area contributed by atoms with Crippen molar-refractivity contribution >= 4 is 27.2 Å². The molecule has 262 valence electrons. The van der Waals surface area contributed by atoms with Gasteiger partial charge < -0.3 is 9.47 Å². The van der Waals surface area contributed by atoms with Gasteiger partial charge in [-0.15, -0.1) is 11.3 Å². The standard InChI is InChI=1S/C50H29N3O2S/c1-3-14-31(15-4-1)47-51-48(32-16-5-2-6-17-32)53-49(52-47)33-28-26-30(27-29-33)34-20-13-21-36-35-18-7-9-22-38(35)50(43(34)36)45-44(54-39-23-10-11-24-40(39)55-45)42-37-19-8-12-25-41(37)56-46(42)50/h1-29H. The average Bonchev–Trinajstić information content (AvgIpc) is 3.90. The van der Waals surface area contributed by atoms with E-state index < -0.39 is 5.41 Å². The number of hydrogen-bond donors (Lipinski definition) is 0. The van der Waals surface area contributed by atoms with E-state index in [2.05, 4.69) is 91.0 Å². The quantitative estimate of drug-likeness (QED) is 0.180. The molecular weight excluding hydrogens is 707 g/mol. The molecule has 1 spiro atoms. The molecule has 2 aliphatic carbocycles. The molecule has 6 heteroatoms. The summed E-state index contributed by atoms with van der Waals surface area (Å²) in [7, 11) is 0. The van der Waals surface area contributed by atoms with Gasteiger partial charge in [0, 0.05) is 37.2 Å². The second-order valence-corrected chi connectivity index (χ2v) is 15.3. The maximum atomic E-state index is 7.10. The van der Waals surface area contributed by atoms with Crippen molar-refractivity contribution in [1.29, 1.82) is 0 Å². The van der Waals surface area contributed by atoms with Gasteiger partial charge in [0.1, 0.15) is 5.41 Å². The smallest absolute Gasteiger partial charge is 0.176 e. The van der Waals surface area contributed by atoms with E-state index in [9.17, 15) is 0 Å². The minimum atomic E-state index is -0.730. The highest BCUT2D eigenvalue weighted by atomic mass is 32.1. The van der Waals surface area contributed by atoms with Crippen LogP contribution < -0.4 is 9.47 Å². The number of benzene rings is 7. The highest BCUT2D eigenvalue weighted by molar-refractivity contribution is 7.19. The molecular formula is C50H29N3O2S. The first-order chi connectivity index (χ1) is 27.8. The van der Waals surface area contributed by atoms with Crippen molar-refractivity contribution in [2.75, 3.05) is 0 Å². The second kappa shape index (κ2) is 11.9. The van der Waals surface area contributed by atoms with Crippen molar-refractivity contribution in [3.05, 3.63) is 203 Å². The number of rotatable bonds is 4. The first-order valence-corrected chi connectivity index (χ1v) is 19.5. The van der Waals surface area contributed by atoms with Crippen LogP contribution in [0.2, 0.25) is 0 Å². The van der Waals surface area contributed by atoms with Crippen LogP contribution in [0.3, 0.4) is 0 Å². The Morgan fingerprint density at radius 3 is 1.68 bits per heavy atom. The van der Waals surface area contributed by atoms with Crippen molar-refractivity contribution < 1.29 is 9.47 Å².